The molecule has 2 saturated heterocycles. The molecule has 1 amide bonds. The molecule has 2 fully saturated rings. The number of hydrogen-bond acceptors (Lipinski definition) is 5. The third-order valence-corrected chi connectivity index (χ3v) is 8.38. The van der Waals surface area contributed by atoms with Crippen LogP contribution in [0.1, 0.15) is 43.2 Å². The Hall–Kier alpha value is -1.48. The summed E-state index contributed by atoms with van der Waals surface area (Å²) in [5.41, 5.74) is 1.80. The van der Waals surface area contributed by atoms with Crippen LogP contribution in [-0.2, 0) is 14.8 Å². The van der Waals surface area contributed by atoms with Crippen molar-refractivity contribution in [2.24, 2.45) is 0 Å². The van der Waals surface area contributed by atoms with Gasteiger partial charge in [0, 0.05) is 45.7 Å². The van der Waals surface area contributed by atoms with Gasteiger partial charge >= 0.3 is 0 Å². The Morgan fingerprint density at radius 1 is 1.03 bits per heavy atom. The minimum atomic E-state index is -3.65. The third-order valence-electron chi connectivity index (χ3n) is 6.32. The number of nitrogens with zero attached hydrogens (tertiary/aromatic N) is 3. The Labute approximate surface area is 187 Å². The molecule has 7 nitrogen and oxygen atoms in total. The molecule has 2 aliphatic heterocycles. The molecule has 2 heterocycles. The summed E-state index contributed by atoms with van der Waals surface area (Å²) < 4.78 is 28.6. The largest absolute Gasteiger partial charge is 0.340 e. The number of nitrogens with one attached hydrogen (secondary N) is 1. The fourth-order valence-corrected chi connectivity index (χ4v) is 6.21. The van der Waals surface area contributed by atoms with E-state index in [0.29, 0.717) is 24.5 Å². The maximum atomic E-state index is 13.5. The number of carbonyl (C=O) groups is 1. The predicted molar refractivity (Wildman–Crippen MR) is 124 cm³/mol. The quantitative estimate of drug-likeness (QED) is 0.623. The van der Waals surface area contributed by atoms with Crippen molar-refractivity contribution in [2.75, 3.05) is 58.9 Å². The molecule has 0 aliphatic carbocycles. The van der Waals surface area contributed by atoms with Crippen molar-refractivity contribution in [3.8, 4) is 0 Å². The van der Waals surface area contributed by atoms with Crippen LogP contribution in [0.3, 0.4) is 0 Å². The predicted octanol–water partition coefficient (Wildman–Crippen LogP) is 1.99. The van der Waals surface area contributed by atoms with E-state index in [1.165, 1.54) is 23.6 Å². The maximum absolute atomic E-state index is 13.5. The maximum Gasteiger partial charge on any atom is 0.243 e. The summed E-state index contributed by atoms with van der Waals surface area (Å²) in [6, 6.07) is 5.46. The van der Waals surface area contributed by atoms with Gasteiger partial charge in [-0.2, -0.15) is 4.31 Å². The topological polar surface area (TPSA) is 73.0 Å². The number of likely N-dealkylation sites (tertiary alicyclic amines) is 1. The molecule has 3 rings (SSSR count). The SMILES string of the molecule is Cc1ccc(S(=O)(=O)N(CCCN2CCCCC2)CCC(=O)N2CCNCC2)c(C)c1. The molecule has 2 aliphatic rings. The van der Waals surface area contributed by atoms with E-state index in [-0.39, 0.29) is 18.9 Å². The van der Waals surface area contributed by atoms with Crippen molar-refractivity contribution in [3.05, 3.63) is 29.3 Å². The smallest absolute Gasteiger partial charge is 0.243 e. The second-order valence-corrected chi connectivity index (χ2v) is 10.7. The fraction of sp³-hybridized carbons (Fsp3) is 0.696. The summed E-state index contributed by atoms with van der Waals surface area (Å²) in [7, 11) is -3.65. The summed E-state index contributed by atoms with van der Waals surface area (Å²) in [5, 5.41) is 3.25. The van der Waals surface area contributed by atoms with Crippen molar-refractivity contribution in [1.82, 2.24) is 19.4 Å². The number of rotatable bonds is 9. The van der Waals surface area contributed by atoms with E-state index in [1.807, 2.05) is 30.9 Å². The van der Waals surface area contributed by atoms with Crippen molar-refractivity contribution in [3.63, 3.8) is 0 Å². The van der Waals surface area contributed by atoms with E-state index in [0.717, 1.165) is 50.3 Å². The molecule has 8 heteroatoms. The van der Waals surface area contributed by atoms with Gasteiger partial charge in [-0.15, -0.1) is 0 Å². The van der Waals surface area contributed by atoms with Crippen molar-refractivity contribution in [2.45, 2.75) is 50.8 Å². The highest BCUT2D eigenvalue weighted by Gasteiger charge is 2.27. The highest BCUT2D eigenvalue weighted by Crippen LogP contribution is 2.22. The lowest BCUT2D eigenvalue weighted by molar-refractivity contribution is -0.131. The molecule has 0 atom stereocenters. The molecule has 31 heavy (non-hydrogen) atoms. The van der Waals surface area contributed by atoms with Crippen LogP contribution < -0.4 is 5.32 Å². The summed E-state index contributed by atoms with van der Waals surface area (Å²) in [4.78, 5) is 17.3. The average Bonchev–Trinajstić information content (AvgIpc) is 2.76. The summed E-state index contributed by atoms with van der Waals surface area (Å²) in [5.74, 6) is 0.0401. The third kappa shape index (κ3) is 6.75. The first-order valence-corrected chi connectivity index (χ1v) is 13.1. The molecule has 0 saturated carbocycles. The Bertz CT molecular complexity index is 831. The van der Waals surface area contributed by atoms with E-state index in [9.17, 15) is 13.2 Å². The van der Waals surface area contributed by atoms with E-state index in [4.69, 9.17) is 0 Å². The summed E-state index contributed by atoms with van der Waals surface area (Å²) in [6.07, 6.45) is 4.76. The van der Waals surface area contributed by atoms with Gasteiger partial charge in [0.05, 0.1) is 4.90 Å². The fourth-order valence-electron chi connectivity index (χ4n) is 4.53. The van der Waals surface area contributed by atoms with Gasteiger partial charge in [-0.05, 0) is 64.4 Å². The monoisotopic (exact) mass is 450 g/mol. The van der Waals surface area contributed by atoms with Gasteiger partial charge in [0.25, 0.3) is 0 Å². The van der Waals surface area contributed by atoms with E-state index >= 15 is 0 Å². The van der Waals surface area contributed by atoms with Crippen LogP contribution in [0.25, 0.3) is 0 Å². The summed E-state index contributed by atoms with van der Waals surface area (Å²) in [6.45, 7) is 10.6. The molecular weight excluding hydrogens is 412 g/mol. The number of hydrogen-bond donors (Lipinski definition) is 1. The van der Waals surface area contributed by atoms with Gasteiger partial charge in [0.1, 0.15) is 0 Å². The van der Waals surface area contributed by atoms with E-state index in [2.05, 4.69) is 10.2 Å². The molecule has 1 aromatic carbocycles. The molecular formula is C23H38N4O3S. The first-order chi connectivity index (χ1) is 14.9. The Kier molecular flexibility index (Phi) is 8.89. The zero-order valence-corrected chi connectivity index (χ0v) is 19.9. The Balaban J connectivity index is 1.68. The average molecular weight is 451 g/mol. The molecule has 1 aromatic rings. The Morgan fingerprint density at radius 2 is 1.74 bits per heavy atom. The van der Waals surface area contributed by atoms with Gasteiger partial charge in [-0.3, -0.25) is 4.79 Å². The first-order valence-electron chi connectivity index (χ1n) is 11.7. The Morgan fingerprint density at radius 3 is 2.42 bits per heavy atom. The van der Waals surface area contributed by atoms with Crippen LogP contribution in [0, 0.1) is 13.8 Å². The number of piperazine rings is 1. The molecule has 1 N–H and O–H groups in total. The highest BCUT2D eigenvalue weighted by molar-refractivity contribution is 7.89. The number of aryl methyl sites for hydroxylation is 2. The van der Waals surface area contributed by atoms with Gasteiger partial charge in [-0.1, -0.05) is 24.1 Å². The first kappa shape index (κ1) is 24.2. The minimum Gasteiger partial charge on any atom is -0.340 e. The molecule has 0 spiro atoms. The standard InChI is InChI=1S/C23H38N4O3S/c1-20-7-8-22(21(2)19-20)31(29,30)27(15-6-14-25-12-4-3-5-13-25)16-9-23(28)26-17-10-24-11-18-26/h7-8,19,24H,3-6,9-18H2,1-2H3. The van der Waals surface area contributed by atoms with Crippen LogP contribution in [-0.4, -0.2) is 87.3 Å². The lowest BCUT2D eigenvalue weighted by Crippen LogP contribution is -2.47. The van der Waals surface area contributed by atoms with Crippen LogP contribution >= 0.6 is 0 Å². The lowest BCUT2D eigenvalue weighted by Gasteiger charge is -2.30. The van der Waals surface area contributed by atoms with Crippen LogP contribution in [0.2, 0.25) is 0 Å². The van der Waals surface area contributed by atoms with Crippen molar-refractivity contribution < 1.29 is 13.2 Å². The highest BCUT2D eigenvalue weighted by atomic mass is 32.2. The minimum absolute atomic E-state index is 0.0401. The van der Waals surface area contributed by atoms with Gasteiger partial charge in [0.2, 0.25) is 15.9 Å². The normalized spacial score (nSPS) is 18.5. The number of piperidine rings is 1. The zero-order chi connectivity index (χ0) is 22.3. The van der Waals surface area contributed by atoms with Crippen LogP contribution in [0.4, 0.5) is 0 Å². The molecule has 0 aromatic heterocycles. The van der Waals surface area contributed by atoms with Gasteiger partial charge in [0.15, 0.2) is 0 Å². The number of carbonyl (C=O) groups excluding carboxylic acids is 1. The van der Waals surface area contributed by atoms with E-state index in [1.54, 1.807) is 6.07 Å². The summed E-state index contributed by atoms with van der Waals surface area (Å²) >= 11 is 0. The van der Waals surface area contributed by atoms with E-state index < -0.39 is 10.0 Å². The van der Waals surface area contributed by atoms with Crippen LogP contribution in [0.5, 0.6) is 0 Å². The van der Waals surface area contributed by atoms with Crippen LogP contribution in [0.15, 0.2) is 23.1 Å². The lowest BCUT2D eigenvalue weighted by atomic mass is 10.1. The van der Waals surface area contributed by atoms with Crippen molar-refractivity contribution >= 4 is 15.9 Å². The van der Waals surface area contributed by atoms with Gasteiger partial charge in [-0.25, -0.2) is 8.42 Å². The molecule has 174 valence electrons. The number of benzene rings is 1. The van der Waals surface area contributed by atoms with Gasteiger partial charge < -0.3 is 15.1 Å². The molecule has 0 unspecified atom stereocenters. The zero-order valence-electron chi connectivity index (χ0n) is 19.1. The second kappa shape index (κ2) is 11.4. The van der Waals surface area contributed by atoms with Crippen molar-refractivity contribution in [1.29, 1.82) is 0 Å². The number of sulfonamides is 1. The number of amides is 1. The molecule has 0 bridgehead atoms. The second-order valence-electron chi connectivity index (χ2n) is 8.81. The molecule has 0 radical (unpaired) electrons.